The van der Waals surface area contributed by atoms with Gasteiger partial charge in [-0.15, -0.1) is 0 Å². The van der Waals surface area contributed by atoms with Crippen LogP contribution < -0.4 is 10.6 Å². The predicted molar refractivity (Wildman–Crippen MR) is 95.5 cm³/mol. The van der Waals surface area contributed by atoms with Gasteiger partial charge in [0.2, 0.25) is 5.91 Å². The molecule has 0 bridgehead atoms. The van der Waals surface area contributed by atoms with Crippen molar-refractivity contribution >= 4 is 29.5 Å². The fourth-order valence-corrected chi connectivity index (χ4v) is 1.76. The quantitative estimate of drug-likeness (QED) is 0.560. The number of carbonyl (C=O) groups is 2. The third-order valence-corrected chi connectivity index (χ3v) is 3.29. The third-order valence-electron chi connectivity index (χ3n) is 3.29. The van der Waals surface area contributed by atoms with Crippen LogP contribution in [0.4, 0.5) is 11.5 Å². The highest BCUT2D eigenvalue weighted by atomic mass is 16.5. The molecule has 1 heterocycles. The number of rotatable bonds is 8. The standard InChI is InChI=1S/C17H24N4O3/c1-6-21(4)12(2)11-18-17-15(19-13(3)22)9-7-14(20-17)8-10-16(23)24-5/h7-10H,2,6,11H2,1,3-5H3,(H,18,20)(H,19,22)/b10-8+. The molecule has 1 aromatic heterocycles. The predicted octanol–water partition coefficient (Wildman–Crippen LogP) is 2.10. The van der Waals surface area contributed by atoms with E-state index in [9.17, 15) is 9.59 Å². The van der Waals surface area contributed by atoms with Crippen LogP contribution in [-0.2, 0) is 14.3 Å². The van der Waals surface area contributed by atoms with Crippen molar-refractivity contribution in [1.29, 1.82) is 0 Å². The Morgan fingerprint density at radius 2 is 2.12 bits per heavy atom. The van der Waals surface area contributed by atoms with Crippen LogP contribution in [0.5, 0.6) is 0 Å². The largest absolute Gasteiger partial charge is 0.466 e. The molecular weight excluding hydrogens is 308 g/mol. The molecule has 0 saturated heterocycles. The van der Waals surface area contributed by atoms with Crippen LogP contribution in [0.2, 0.25) is 0 Å². The number of nitrogens with one attached hydrogen (secondary N) is 2. The first kappa shape index (κ1) is 19.2. The lowest BCUT2D eigenvalue weighted by atomic mass is 10.2. The number of ether oxygens (including phenoxy) is 1. The van der Waals surface area contributed by atoms with Crippen molar-refractivity contribution in [3.05, 3.63) is 36.2 Å². The summed E-state index contributed by atoms with van der Waals surface area (Å²) in [5.41, 5.74) is 2.01. The average Bonchev–Trinajstić information content (AvgIpc) is 2.57. The number of esters is 1. The lowest BCUT2D eigenvalue weighted by Gasteiger charge is -2.21. The molecule has 0 atom stereocenters. The Kier molecular flexibility index (Phi) is 7.48. The van der Waals surface area contributed by atoms with Crippen molar-refractivity contribution in [1.82, 2.24) is 9.88 Å². The molecule has 7 heteroatoms. The molecule has 0 fully saturated rings. The maximum atomic E-state index is 11.3. The van der Waals surface area contributed by atoms with E-state index in [0.29, 0.717) is 23.7 Å². The average molecular weight is 332 g/mol. The minimum absolute atomic E-state index is 0.192. The van der Waals surface area contributed by atoms with Crippen molar-refractivity contribution < 1.29 is 14.3 Å². The Balaban J connectivity index is 2.98. The van der Waals surface area contributed by atoms with Crippen molar-refractivity contribution in [2.24, 2.45) is 0 Å². The Morgan fingerprint density at radius 1 is 1.42 bits per heavy atom. The molecular formula is C17H24N4O3. The highest BCUT2D eigenvalue weighted by Gasteiger charge is 2.08. The number of pyridine rings is 1. The summed E-state index contributed by atoms with van der Waals surface area (Å²) in [4.78, 5) is 28.9. The van der Waals surface area contributed by atoms with Crippen LogP contribution in [0.15, 0.2) is 30.5 Å². The van der Waals surface area contributed by atoms with E-state index in [1.165, 1.54) is 20.1 Å². The molecule has 7 nitrogen and oxygen atoms in total. The van der Waals surface area contributed by atoms with Gasteiger partial charge in [-0.3, -0.25) is 4.79 Å². The Hall–Kier alpha value is -2.83. The van der Waals surface area contributed by atoms with Gasteiger partial charge >= 0.3 is 5.97 Å². The van der Waals surface area contributed by atoms with Crippen molar-refractivity contribution in [3.8, 4) is 0 Å². The summed E-state index contributed by atoms with van der Waals surface area (Å²) in [7, 11) is 3.25. The van der Waals surface area contributed by atoms with E-state index in [4.69, 9.17) is 0 Å². The van der Waals surface area contributed by atoms with E-state index in [1.807, 2.05) is 18.9 Å². The fourth-order valence-electron chi connectivity index (χ4n) is 1.76. The molecule has 0 aromatic carbocycles. The number of hydrogen-bond acceptors (Lipinski definition) is 6. The van der Waals surface area contributed by atoms with E-state index in [0.717, 1.165) is 12.2 Å². The van der Waals surface area contributed by atoms with E-state index in [2.05, 4.69) is 26.9 Å². The molecule has 0 radical (unpaired) electrons. The van der Waals surface area contributed by atoms with Gasteiger partial charge in [0.05, 0.1) is 25.0 Å². The fraction of sp³-hybridized carbons (Fsp3) is 0.353. The SMILES string of the molecule is C=C(CNc1nc(/C=C/C(=O)OC)ccc1NC(C)=O)N(C)CC. The van der Waals surface area contributed by atoms with Gasteiger partial charge in [0.1, 0.15) is 0 Å². The first-order chi connectivity index (χ1) is 11.4. The van der Waals surface area contributed by atoms with Gasteiger partial charge in [-0.1, -0.05) is 6.58 Å². The molecule has 1 rings (SSSR count). The molecule has 0 saturated carbocycles. The van der Waals surface area contributed by atoms with Gasteiger partial charge in [0.25, 0.3) is 0 Å². The first-order valence-corrected chi connectivity index (χ1v) is 7.54. The van der Waals surface area contributed by atoms with Crippen LogP contribution in [0.1, 0.15) is 19.5 Å². The Bertz CT molecular complexity index is 641. The van der Waals surface area contributed by atoms with E-state index < -0.39 is 5.97 Å². The van der Waals surface area contributed by atoms with Crippen molar-refractivity contribution in [2.45, 2.75) is 13.8 Å². The van der Waals surface area contributed by atoms with Gasteiger partial charge in [-0.2, -0.15) is 0 Å². The summed E-state index contributed by atoms with van der Waals surface area (Å²) in [6, 6.07) is 3.42. The van der Waals surface area contributed by atoms with Crippen LogP contribution in [-0.4, -0.2) is 49.0 Å². The Morgan fingerprint density at radius 3 is 2.71 bits per heavy atom. The summed E-state index contributed by atoms with van der Waals surface area (Å²) in [6.07, 6.45) is 2.83. The Labute approximate surface area is 142 Å². The van der Waals surface area contributed by atoms with Crippen LogP contribution >= 0.6 is 0 Å². The van der Waals surface area contributed by atoms with Gasteiger partial charge < -0.3 is 20.3 Å². The lowest BCUT2D eigenvalue weighted by molar-refractivity contribution is -0.134. The van der Waals surface area contributed by atoms with Gasteiger partial charge in [0, 0.05) is 32.3 Å². The second kappa shape index (κ2) is 9.34. The third kappa shape index (κ3) is 6.12. The topological polar surface area (TPSA) is 83.6 Å². The number of carbonyl (C=O) groups excluding carboxylic acids is 2. The number of anilines is 2. The zero-order chi connectivity index (χ0) is 18.1. The minimum atomic E-state index is -0.463. The summed E-state index contributed by atoms with van der Waals surface area (Å²) in [5, 5.41) is 5.88. The molecule has 1 aromatic rings. The maximum Gasteiger partial charge on any atom is 0.330 e. The maximum absolute atomic E-state index is 11.3. The zero-order valence-corrected chi connectivity index (χ0v) is 14.5. The van der Waals surface area contributed by atoms with Crippen molar-refractivity contribution in [2.75, 3.05) is 37.9 Å². The van der Waals surface area contributed by atoms with E-state index in [1.54, 1.807) is 18.2 Å². The monoisotopic (exact) mass is 332 g/mol. The van der Waals surface area contributed by atoms with E-state index in [-0.39, 0.29) is 5.91 Å². The number of methoxy groups -OCH3 is 1. The number of nitrogens with zero attached hydrogens (tertiary/aromatic N) is 2. The summed E-state index contributed by atoms with van der Waals surface area (Å²) >= 11 is 0. The first-order valence-electron chi connectivity index (χ1n) is 7.54. The van der Waals surface area contributed by atoms with Gasteiger partial charge in [-0.05, 0) is 25.1 Å². The number of aromatic nitrogens is 1. The molecule has 0 aliphatic rings. The summed E-state index contributed by atoms with van der Waals surface area (Å²) in [6.45, 7) is 8.78. The molecule has 24 heavy (non-hydrogen) atoms. The number of amides is 1. The molecule has 0 aliphatic heterocycles. The van der Waals surface area contributed by atoms with Crippen LogP contribution in [0.25, 0.3) is 6.08 Å². The molecule has 2 N–H and O–H groups in total. The normalized spacial score (nSPS) is 10.3. The summed E-state index contributed by atoms with van der Waals surface area (Å²) in [5.74, 6) is -0.153. The molecule has 0 aliphatic carbocycles. The minimum Gasteiger partial charge on any atom is -0.466 e. The molecule has 0 unspecified atom stereocenters. The van der Waals surface area contributed by atoms with Crippen LogP contribution in [0, 0.1) is 0 Å². The second-order valence-electron chi connectivity index (χ2n) is 5.10. The smallest absolute Gasteiger partial charge is 0.330 e. The highest BCUT2D eigenvalue weighted by molar-refractivity contribution is 5.92. The molecule has 130 valence electrons. The second-order valence-corrected chi connectivity index (χ2v) is 5.10. The lowest BCUT2D eigenvalue weighted by Crippen LogP contribution is -2.22. The molecule has 1 amide bonds. The molecule has 0 spiro atoms. The van der Waals surface area contributed by atoms with Gasteiger partial charge in [0.15, 0.2) is 5.82 Å². The number of hydrogen-bond donors (Lipinski definition) is 2. The highest BCUT2D eigenvalue weighted by Crippen LogP contribution is 2.21. The van der Waals surface area contributed by atoms with E-state index >= 15 is 0 Å². The van der Waals surface area contributed by atoms with Crippen LogP contribution in [0.3, 0.4) is 0 Å². The van der Waals surface area contributed by atoms with Gasteiger partial charge in [-0.25, -0.2) is 9.78 Å². The zero-order valence-electron chi connectivity index (χ0n) is 14.5. The number of likely N-dealkylation sites (N-methyl/N-ethyl adjacent to an activating group) is 1. The summed E-state index contributed by atoms with van der Waals surface area (Å²) < 4.78 is 4.55. The van der Waals surface area contributed by atoms with Crippen molar-refractivity contribution in [3.63, 3.8) is 0 Å².